The number of ether oxygens (including phenoxy) is 3. The number of allylic oxidation sites excluding steroid dienone is 1. The van der Waals surface area contributed by atoms with Crippen LogP contribution in [0.1, 0.15) is 33.2 Å². The number of carbonyl (C=O) groups is 2. The third-order valence-electron chi connectivity index (χ3n) is 4.68. The van der Waals surface area contributed by atoms with E-state index in [1.807, 2.05) is 31.2 Å². The van der Waals surface area contributed by atoms with E-state index in [0.717, 1.165) is 10.0 Å². The number of Topliss-reactive ketones (excluding diaryl/α,β-unsaturated/α-hetero) is 2. The number of hydrogen-bond donors (Lipinski definition) is 0. The van der Waals surface area contributed by atoms with Gasteiger partial charge in [-0.25, -0.2) is 0 Å². The van der Waals surface area contributed by atoms with Crippen LogP contribution in [0.4, 0.5) is 0 Å². The number of benzene rings is 3. The fourth-order valence-electron chi connectivity index (χ4n) is 3.15. The van der Waals surface area contributed by atoms with Crippen molar-refractivity contribution >= 4 is 33.6 Å². The number of fused-ring (bicyclic) bond motifs is 1. The molecule has 0 saturated heterocycles. The molecular weight excluding hydrogens is 460 g/mol. The minimum absolute atomic E-state index is 0.112. The van der Waals surface area contributed by atoms with Gasteiger partial charge < -0.3 is 14.2 Å². The van der Waals surface area contributed by atoms with E-state index in [-0.39, 0.29) is 23.9 Å². The molecule has 0 N–H and O–H groups in total. The van der Waals surface area contributed by atoms with Gasteiger partial charge in [-0.15, -0.1) is 0 Å². The van der Waals surface area contributed by atoms with Crippen LogP contribution in [-0.4, -0.2) is 24.8 Å². The van der Waals surface area contributed by atoms with Crippen LogP contribution < -0.4 is 14.2 Å². The van der Waals surface area contributed by atoms with Crippen molar-refractivity contribution in [1.29, 1.82) is 0 Å². The number of para-hydroxylation sites is 1. The molecule has 4 rings (SSSR count). The summed E-state index contributed by atoms with van der Waals surface area (Å²) in [6.45, 7) is 2.31. The number of ketones is 2. The second-order valence-corrected chi connectivity index (χ2v) is 7.70. The Labute approximate surface area is 188 Å². The Morgan fingerprint density at radius 3 is 2.58 bits per heavy atom. The van der Waals surface area contributed by atoms with Gasteiger partial charge in [-0.05, 0) is 43.3 Å². The number of halogens is 1. The van der Waals surface area contributed by atoms with Gasteiger partial charge in [0.1, 0.15) is 17.2 Å². The predicted octanol–water partition coefficient (Wildman–Crippen LogP) is 5.73. The standard InChI is InChI=1S/C25H19BrO5/c1-2-29-22-6-4-3-5-17(22)13-24-25(28)20-12-11-19(14-23(20)31-24)30-15-21(27)16-7-9-18(26)10-8-16/h3-14H,2,15H2,1H3/b24-13-. The molecule has 5 nitrogen and oxygen atoms in total. The summed E-state index contributed by atoms with van der Waals surface area (Å²) in [6.07, 6.45) is 1.67. The van der Waals surface area contributed by atoms with Gasteiger partial charge in [-0.1, -0.05) is 46.3 Å². The zero-order valence-electron chi connectivity index (χ0n) is 16.8. The quantitative estimate of drug-likeness (QED) is 0.320. The number of rotatable bonds is 7. The van der Waals surface area contributed by atoms with Crippen LogP contribution in [0.25, 0.3) is 6.08 Å². The monoisotopic (exact) mass is 478 g/mol. The highest BCUT2D eigenvalue weighted by Gasteiger charge is 2.28. The summed E-state index contributed by atoms with van der Waals surface area (Å²) in [4.78, 5) is 25.0. The molecule has 3 aromatic rings. The fraction of sp³-hybridized carbons (Fsp3) is 0.120. The Morgan fingerprint density at radius 2 is 1.81 bits per heavy atom. The maximum absolute atomic E-state index is 12.7. The van der Waals surface area contributed by atoms with Crippen molar-refractivity contribution in [2.75, 3.05) is 13.2 Å². The highest BCUT2D eigenvalue weighted by atomic mass is 79.9. The van der Waals surface area contributed by atoms with Crippen LogP contribution >= 0.6 is 15.9 Å². The van der Waals surface area contributed by atoms with Gasteiger partial charge in [-0.2, -0.15) is 0 Å². The van der Waals surface area contributed by atoms with E-state index in [9.17, 15) is 9.59 Å². The SMILES string of the molecule is CCOc1ccccc1/C=C1\Oc2cc(OCC(=O)c3ccc(Br)cc3)ccc2C1=O. The van der Waals surface area contributed by atoms with Gasteiger partial charge in [0.05, 0.1) is 12.2 Å². The molecule has 1 aliphatic rings. The number of carbonyl (C=O) groups excluding carboxylic acids is 2. The van der Waals surface area contributed by atoms with E-state index in [2.05, 4.69) is 15.9 Å². The zero-order chi connectivity index (χ0) is 21.8. The lowest BCUT2D eigenvalue weighted by Crippen LogP contribution is -2.11. The molecule has 0 bridgehead atoms. The molecule has 0 amide bonds. The van der Waals surface area contributed by atoms with E-state index < -0.39 is 0 Å². The van der Waals surface area contributed by atoms with Crippen LogP contribution in [0.5, 0.6) is 17.2 Å². The Kier molecular flexibility index (Phi) is 6.18. The summed E-state index contributed by atoms with van der Waals surface area (Å²) in [5, 5.41) is 0. The lowest BCUT2D eigenvalue weighted by Gasteiger charge is -2.07. The molecule has 0 aliphatic carbocycles. The van der Waals surface area contributed by atoms with Gasteiger partial charge in [-0.3, -0.25) is 9.59 Å². The molecule has 0 spiro atoms. The summed E-state index contributed by atoms with van der Waals surface area (Å²) in [6, 6.07) is 19.5. The van der Waals surface area contributed by atoms with Crippen molar-refractivity contribution < 1.29 is 23.8 Å². The van der Waals surface area contributed by atoms with E-state index in [4.69, 9.17) is 14.2 Å². The van der Waals surface area contributed by atoms with Gasteiger partial charge in [0.2, 0.25) is 5.78 Å². The first kappa shape index (κ1) is 20.9. The largest absolute Gasteiger partial charge is 0.493 e. The highest BCUT2D eigenvalue weighted by molar-refractivity contribution is 9.10. The van der Waals surface area contributed by atoms with Crippen LogP contribution in [0, 0.1) is 0 Å². The molecule has 0 saturated carbocycles. The van der Waals surface area contributed by atoms with E-state index in [1.165, 1.54) is 0 Å². The lowest BCUT2D eigenvalue weighted by atomic mass is 10.1. The Balaban J connectivity index is 1.48. The highest BCUT2D eigenvalue weighted by Crippen LogP contribution is 2.35. The lowest BCUT2D eigenvalue weighted by molar-refractivity contribution is 0.0921. The second-order valence-electron chi connectivity index (χ2n) is 6.79. The van der Waals surface area contributed by atoms with Crippen molar-refractivity contribution in [3.63, 3.8) is 0 Å². The molecule has 3 aromatic carbocycles. The molecule has 156 valence electrons. The minimum Gasteiger partial charge on any atom is -0.493 e. The fourth-order valence-corrected chi connectivity index (χ4v) is 3.42. The van der Waals surface area contributed by atoms with Gasteiger partial charge in [0.15, 0.2) is 18.1 Å². The summed E-state index contributed by atoms with van der Waals surface area (Å²) in [7, 11) is 0. The van der Waals surface area contributed by atoms with Crippen molar-refractivity contribution in [2.45, 2.75) is 6.92 Å². The third kappa shape index (κ3) is 4.70. The Morgan fingerprint density at radius 1 is 1.03 bits per heavy atom. The second kappa shape index (κ2) is 9.18. The zero-order valence-corrected chi connectivity index (χ0v) is 18.3. The molecular formula is C25H19BrO5. The van der Waals surface area contributed by atoms with Crippen LogP contribution in [0.2, 0.25) is 0 Å². The smallest absolute Gasteiger partial charge is 0.231 e. The minimum atomic E-state index is -0.209. The van der Waals surface area contributed by atoms with Crippen LogP contribution in [0.15, 0.2) is 77.0 Å². The molecule has 31 heavy (non-hydrogen) atoms. The maximum Gasteiger partial charge on any atom is 0.231 e. The maximum atomic E-state index is 12.7. The van der Waals surface area contributed by atoms with Crippen molar-refractivity contribution in [3.05, 3.63) is 93.7 Å². The van der Waals surface area contributed by atoms with Crippen LogP contribution in [0.3, 0.4) is 0 Å². The molecule has 0 unspecified atom stereocenters. The first-order valence-corrected chi connectivity index (χ1v) is 10.6. The van der Waals surface area contributed by atoms with E-state index in [0.29, 0.717) is 35.0 Å². The summed E-state index contributed by atoms with van der Waals surface area (Å²) < 4.78 is 17.9. The molecule has 1 aliphatic heterocycles. The number of hydrogen-bond acceptors (Lipinski definition) is 5. The Bertz CT molecular complexity index is 1160. The van der Waals surface area contributed by atoms with Crippen molar-refractivity contribution in [2.24, 2.45) is 0 Å². The normalized spacial score (nSPS) is 13.6. The molecule has 0 aromatic heterocycles. The van der Waals surface area contributed by atoms with Gasteiger partial charge in [0.25, 0.3) is 0 Å². The molecule has 0 radical (unpaired) electrons. The first-order valence-electron chi connectivity index (χ1n) is 9.77. The average Bonchev–Trinajstić information content (AvgIpc) is 3.08. The Hall–Kier alpha value is -3.38. The summed E-state index contributed by atoms with van der Waals surface area (Å²) >= 11 is 3.35. The molecule has 1 heterocycles. The van der Waals surface area contributed by atoms with Crippen molar-refractivity contribution in [1.82, 2.24) is 0 Å². The van der Waals surface area contributed by atoms with Gasteiger partial charge >= 0.3 is 0 Å². The third-order valence-corrected chi connectivity index (χ3v) is 5.21. The van der Waals surface area contributed by atoms with E-state index >= 15 is 0 Å². The first-order chi connectivity index (χ1) is 15.0. The molecule has 0 fully saturated rings. The topological polar surface area (TPSA) is 61.8 Å². The van der Waals surface area contributed by atoms with E-state index in [1.54, 1.807) is 48.5 Å². The van der Waals surface area contributed by atoms with Crippen molar-refractivity contribution in [3.8, 4) is 17.2 Å². The average molecular weight is 479 g/mol. The van der Waals surface area contributed by atoms with Crippen LogP contribution in [-0.2, 0) is 0 Å². The molecule has 0 atom stereocenters. The van der Waals surface area contributed by atoms with Gasteiger partial charge in [0, 0.05) is 21.7 Å². The summed E-state index contributed by atoms with van der Waals surface area (Å²) in [5.41, 5.74) is 1.78. The molecule has 6 heteroatoms. The summed E-state index contributed by atoms with van der Waals surface area (Å²) in [5.74, 6) is 1.40. The predicted molar refractivity (Wildman–Crippen MR) is 121 cm³/mol.